The summed E-state index contributed by atoms with van der Waals surface area (Å²) >= 11 is 0. The number of carbonyl (C=O) groups excluding carboxylic acids is 1. The first-order chi connectivity index (χ1) is 12.5. The van der Waals surface area contributed by atoms with E-state index >= 15 is 0 Å². The van der Waals surface area contributed by atoms with Crippen molar-refractivity contribution in [2.24, 2.45) is 0 Å². The Hall–Kier alpha value is -2.72. The van der Waals surface area contributed by atoms with Gasteiger partial charge in [0.15, 0.2) is 0 Å². The summed E-state index contributed by atoms with van der Waals surface area (Å²) in [4.78, 5) is 17.8. The number of nitrogens with zero attached hydrogens (tertiary/aromatic N) is 1. The predicted molar refractivity (Wildman–Crippen MR) is 103 cm³/mol. The number of carbonyl (C=O) groups is 1. The molecule has 1 aliphatic rings. The van der Waals surface area contributed by atoms with E-state index in [9.17, 15) is 9.90 Å². The third kappa shape index (κ3) is 2.26. The van der Waals surface area contributed by atoms with E-state index in [1.165, 1.54) is 0 Å². The summed E-state index contributed by atoms with van der Waals surface area (Å²) in [5.74, 6) is -0.170. The van der Waals surface area contributed by atoms with Crippen LogP contribution in [0.3, 0.4) is 0 Å². The fourth-order valence-electron chi connectivity index (χ4n) is 3.95. The number of hydrogen-bond donors (Lipinski definition) is 2. The molecule has 0 bridgehead atoms. The highest BCUT2D eigenvalue weighted by molar-refractivity contribution is 6.09. The van der Waals surface area contributed by atoms with Crippen LogP contribution in [0.2, 0.25) is 0 Å². The maximum Gasteiger partial charge on any atom is 0.252 e. The Labute approximate surface area is 152 Å². The van der Waals surface area contributed by atoms with E-state index in [4.69, 9.17) is 4.98 Å². The number of fused-ring (bicyclic) bond motifs is 4. The Morgan fingerprint density at radius 2 is 1.85 bits per heavy atom. The number of aliphatic hydroxyl groups is 1. The van der Waals surface area contributed by atoms with Crippen LogP contribution in [0, 0.1) is 0 Å². The standard InChI is InChI=1S/C22H22N2O2/c1-4-23-21(26)17-14-10-6-8-12-16(14)24-19-13-9-5-7-11-15(13)22(2,3)20(25)18(17)19/h5-12,20,25H,4H2,1-3H3,(H,23,26)/t20-/m0/s1. The van der Waals surface area contributed by atoms with Crippen molar-refractivity contribution < 1.29 is 9.90 Å². The lowest BCUT2D eigenvalue weighted by Gasteiger charge is -2.39. The topological polar surface area (TPSA) is 62.2 Å². The Kier molecular flexibility index (Phi) is 3.81. The number of nitrogens with one attached hydrogen (secondary N) is 1. The fraction of sp³-hybridized carbons (Fsp3) is 0.273. The van der Waals surface area contributed by atoms with Gasteiger partial charge in [-0.15, -0.1) is 0 Å². The first-order valence-electron chi connectivity index (χ1n) is 8.95. The number of benzene rings is 2. The molecule has 1 aliphatic carbocycles. The zero-order chi connectivity index (χ0) is 18.5. The Balaban J connectivity index is 2.16. The predicted octanol–water partition coefficient (Wildman–Crippen LogP) is 3.98. The molecule has 1 aromatic heterocycles. The molecule has 2 N–H and O–H groups in total. The second-order valence-corrected chi connectivity index (χ2v) is 7.30. The third-order valence-electron chi connectivity index (χ3n) is 5.33. The number of amides is 1. The van der Waals surface area contributed by atoms with Crippen molar-refractivity contribution in [3.8, 4) is 11.3 Å². The SMILES string of the molecule is CCNC(=O)c1c2c(nc3ccccc13)-c1ccccc1C(C)(C)[C@H]2O. The molecule has 1 heterocycles. The van der Waals surface area contributed by atoms with E-state index in [-0.39, 0.29) is 5.91 Å². The van der Waals surface area contributed by atoms with E-state index in [0.717, 1.165) is 22.0 Å². The second-order valence-electron chi connectivity index (χ2n) is 7.30. The lowest BCUT2D eigenvalue weighted by molar-refractivity contribution is 0.0891. The van der Waals surface area contributed by atoms with Crippen LogP contribution in [-0.4, -0.2) is 22.5 Å². The molecule has 1 amide bonds. The van der Waals surface area contributed by atoms with Gasteiger partial charge in [-0.2, -0.15) is 0 Å². The molecule has 26 heavy (non-hydrogen) atoms. The molecule has 4 nitrogen and oxygen atoms in total. The first kappa shape index (κ1) is 16.7. The number of hydrogen-bond acceptors (Lipinski definition) is 3. The normalized spacial score (nSPS) is 17.5. The molecule has 4 heteroatoms. The molecular formula is C22H22N2O2. The molecule has 0 unspecified atom stereocenters. The van der Waals surface area contributed by atoms with Crippen LogP contribution in [0.4, 0.5) is 0 Å². The maximum atomic E-state index is 12.9. The molecule has 0 aliphatic heterocycles. The smallest absolute Gasteiger partial charge is 0.252 e. The second kappa shape index (κ2) is 5.92. The van der Waals surface area contributed by atoms with Crippen molar-refractivity contribution in [2.75, 3.05) is 6.54 Å². The summed E-state index contributed by atoms with van der Waals surface area (Å²) in [6, 6.07) is 15.6. The molecule has 4 rings (SSSR count). The summed E-state index contributed by atoms with van der Waals surface area (Å²) in [5, 5.41) is 14.9. The minimum absolute atomic E-state index is 0.170. The van der Waals surface area contributed by atoms with E-state index in [2.05, 4.69) is 5.32 Å². The monoisotopic (exact) mass is 346 g/mol. The quantitative estimate of drug-likeness (QED) is 0.738. The zero-order valence-corrected chi connectivity index (χ0v) is 15.2. The summed E-state index contributed by atoms with van der Waals surface area (Å²) in [6.07, 6.45) is -0.817. The number of aromatic nitrogens is 1. The van der Waals surface area contributed by atoms with E-state index in [0.29, 0.717) is 23.4 Å². The van der Waals surface area contributed by atoms with E-state index in [1.54, 1.807) is 0 Å². The van der Waals surface area contributed by atoms with Crippen molar-refractivity contribution in [3.63, 3.8) is 0 Å². The largest absolute Gasteiger partial charge is 0.387 e. The molecule has 0 radical (unpaired) electrons. The fourth-order valence-corrected chi connectivity index (χ4v) is 3.95. The van der Waals surface area contributed by atoms with Gasteiger partial charge in [-0.05, 0) is 18.6 Å². The van der Waals surface area contributed by atoms with Crippen LogP contribution in [0.5, 0.6) is 0 Å². The van der Waals surface area contributed by atoms with Crippen molar-refractivity contribution >= 4 is 16.8 Å². The molecule has 132 valence electrons. The van der Waals surface area contributed by atoms with Crippen LogP contribution in [0.1, 0.15) is 48.4 Å². The van der Waals surface area contributed by atoms with Crippen LogP contribution in [0.15, 0.2) is 48.5 Å². The molecule has 0 fully saturated rings. The lowest BCUT2D eigenvalue weighted by Crippen LogP contribution is -2.35. The van der Waals surface area contributed by atoms with Crippen molar-refractivity contribution in [3.05, 3.63) is 65.2 Å². The molecule has 1 atom stereocenters. The summed E-state index contributed by atoms with van der Waals surface area (Å²) in [6.45, 7) is 6.44. The Morgan fingerprint density at radius 1 is 1.15 bits per heavy atom. The molecule has 3 aromatic rings. The minimum atomic E-state index is -0.817. The molecule has 0 saturated heterocycles. The van der Waals surface area contributed by atoms with E-state index < -0.39 is 11.5 Å². The van der Waals surface area contributed by atoms with Crippen LogP contribution in [-0.2, 0) is 5.41 Å². The molecule has 2 aromatic carbocycles. The van der Waals surface area contributed by atoms with Gasteiger partial charge in [-0.25, -0.2) is 4.98 Å². The maximum absolute atomic E-state index is 12.9. The number of aliphatic hydroxyl groups excluding tert-OH is 1. The molecule has 0 saturated carbocycles. The summed E-state index contributed by atoms with van der Waals surface area (Å²) < 4.78 is 0. The third-order valence-corrected chi connectivity index (χ3v) is 5.33. The summed E-state index contributed by atoms with van der Waals surface area (Å²) in [5.41, 5.74) is 4.12. The van der Waals surface area contributed by atoms with Gasteiger partial charge in [0.25, 0.3) is 5.91 Å². The van der Waals surface area contributed by atoms with Gasteiger partial charge in [0.1, 0.15) is 0 Å². The van der Waals surface area contributed by atoms with Crippen LogP contribution < -0.4 is 5.32 Å². The van der Waals surface area contributed by atoms with Crippen LogP contribution >= 0.6 is 0 Å². The van der Waals surface area contributed by atoms with Gasteiger partial charge < -0.3 is 10.4 Å². The number of para-hydroxylation sites is 1. The number of rotatable bonds is 2. The molecule has 0 spiro atoms. The molecular weight excluding hydrogens is 324 g/mol. The highest BCUT2D eigenvalue weighted by atomic mass is 16.3. The Morgan fingerprint density at radius 3 is 2.62 bits per heavy atom. The average Bonchev–Trinajstić information content (AvgIpc) is 2.65. The lowest BCUT2D eigenvalue weighted by atomic mass is 9.68. The van der Waals surface area contributed by atoms with Gasteiger partial charge in [0.2, 0.25) is 0 Å². The van der Waals surface area contributed by atoms with Gasteiger partial charge >= 0.3 is 0 Å². The van der Waals surface area contributed by atoms with Gasteiger partial charge in [0.05, 0.1) is 22.9 Å². The van der Waals surface area contributed by atoms with Crippen LogP contribution in [0.25, 0.3) is 22.2 Å². The van der Waals surface area contributed by atoms with Crippen molar-refractivity contribution in [2.45, 2.75) is 32.3 Å². The zero-order valence-electron chi connectivity index (χ0n) is 15.2. The first-order valence-corrected chi connectivity index (χ1v) is 8.95. The highest BCUT2D eigenvalue weighted by Crippen LogP contribution is 2.50. The summed E-state index contributed by atoms with van der Waals surface area (Å²) in [7, 11) is 0. The van der Waals surface area contributed by atoms with Gasteiger partial charge in [-0.3, -0.25) is 4.79 Å². The highest BCUT2D eigenvalue weighted by Gasteiger charge is 2.42. The van der Waals surface area contributed by atoms with Gasteiger partial charge in [0, 0.05) is 28.5 Å². The minimum Gasteiger partial charge on any atom is -0.387 e. The van der Waals surface area contributed by atoms with E-state index in [1.807, 2.05) is 69.3 Å². The van der Waals surface area contributed by atoms with Gasteiger partial charge in [-0.1, -0.05) is 56.3 Å². The van der Waals surface area contributed by atoms with Crippen molar-refractivity contribution in [1.82, 2.24) is 10.3 Å². The van der Waals surface area contributed by atoms with Crippen molar-refractivity contribution in [1.29, 1.82) is 0 Å². The average molecular weight is 346 g/mol. The Bertz CT molecular complexity index is 1020. The number of pyridine rings is 1.